The van der Waals surface area contributed by atoms with Gasteiger partial charge in [0, 0.05) is 6.20 Å². The average molecular weight is 199 g/mol. The first-order valence-corrected chi connectivity index (χ1v) is 3.90. The predicted molar refractivity (Wildman–Crippen MR) is 45.3 cm³/mol. The first kappa shape index (κ1) is 8.19. The Labute approximate surface area is 77.7 Å². The number of pyridine rings is 1. The summed E-state index contributed by atoms with van der Waals surface area (Å²) in [6.07, 6.45) is 1.54. The quantitative estimate of drug-likeness (QED) is 0.656. The van der Waals surface area contributed by atoms with E-state index in [0.717, 1.165) is 0 Å². The largest absolute Gasteiger partial charge is 0.274 e. The number of hydrogen-bond acceptors (Lipinski definition) is 2. The second kappa shape index (κ2) is 2.81. The van der Waals surface area contributed by atoms with Gasteiger partial charge >= 0.3 is 0 Å². The number of hydrogen-bond donors (Lipinski definition) is 0. The normalized spacial score (nSPS) is 10.6. The summed E-state index contributed by atoms with van der Waals surface area (Å²) in [5, 5.41) is 3.08. The molecule has 0 bridgehead atoms. The minimum atomic E-state index is -0.692. The van der Waals surface area contributed by atoms with Crippen LogP contribution in [-0.2, 0) is 0 Å². The number of carbonyl (C=O) groups excluding carboxylic acids is 1. The first-order valence-electron chi connectivity index (χ1n) is 3.52. The van der Waals surface area contributed by atoms with Gasteiger partial charge in [-0.1, -0.05) is 0 Å². The predicted octanol–water partition coefficient (Wildman–Crippen LogP) is 1.85. The van der Waals surface area contributed by atoms with Gasteiger partial charge in [0.25, 0.3) is 5.24 Å². The summed E-state index contributed by atoms with van der Waals surface area (Å²) in [7, 11) is 0. The van der Waals surface area contributed by atoms with Gasteiger partial charge < -0.3 is 0 Å². The minimum absolute atomic E-state index is 0.0479. The van der Waals surface area contributed by atoms with Crippen LogP contribution in [0.4, 0.5) is 4.39 Å². The molecule has 0 aromatic carbocycles. The fraction of sp³-hybridized carbons (Fsp3) is 0. The summed E-state index contributed by atoms with van der Waals surface area (Å²) in [5.41, 5.74) is 0.290. The van der Waals surface area contributed by atoms with Crippen molar-refractivity contribution in [1.29, 1.82) is 0 Å². The highest BCUT2D eigenvalue weighted by Gasteiger charge is 2.09. The maximum atomic E-state index is 13.0. The Morgan fingerprint density at radius 1 is 1.62 bits per heavy atom. The fourth-order valence-corrected chi connectivity index (χ4v) is 1.17. The zero-order valence-corrected chi connectivity index (χ0v) is 7.12. The van der Waals surface area contributed by atoms with Crippen molar-refractivity contribution >= 4 is 22.4 Å². The number of fused-ring (bicyclic) bond motifs is 1. The lowest BCUT2D eigenvalue weighted by Gasteiger charge is -1.90. The number of carbonyl (C=O) groups is 1. The van der Waals surface area contributed by atoms with E-state index in [9.17, 15) is 9.18 Å². The third-order valence-electron chi connectivity index (χ3n) is 1.65. The van der Waals surface area contributed by atoms with Crippen LogP contribution in [-0.4, -0.2) is 14.9 Å². The highest BCUT2D eigenvalue weighted by Crippen LogP contribution is 2.11. The van der Waals surface area contributed by atoms with Gasteiger partial charge in [0.15, 0.2) is 0 Å². The third-order valence-corrected chi connectivity index (χ3v) is 1.85. The summed E-state index contributed by atoms with van der Waals surface area (Å²) in [4.78, 5) is 10.7. The van der Waals surface area contributed by atoms with Crippen molar-refractivity contribution in [3.63, 3.8) is 0 Å². The molecule has 66 valence electrons. The zero-order valence-electron chi connectivity index (χ0n) is 6.37. The summed E-state index contributed by atoms with van der Waals surface area (Å²) in [6, 6.07) is 4.10. The molecular weight excluding hydrogens is 195 g/mol. The van der Waals surface area contributed by atoms with E-state index in [1.165, 1.54) is 22.7 Å². The Hall–Kier alpha value is -1.42. The molecule has 2 heterocycles. The van der Waals surface area contributed by atoms with Crippen molar-refractivity contribution in [1.82, 2.24) is 9.61 Å². The number of halogens is 2. The second-order valence-corrected chi connectivity index (χ2v) is 2.83. The Balaban J connectivity index is 2.75. The molecule has 0 fully saturated rings. The van der Waals surface area contributed by atoms with Crippen LogP contribution in [0.25, 0.3) is 5.52 Å². The lowest BCUT2D eigenvalue weighted by atomic mass is 10.3. The topological polar surface area (TPSA) is 34.4 Å². The van der Waals surface area contributed by atoms with Crippen molar-refractivity contribution in [2.75, 3.05) is 0 Å². The highest BCUT2D eigenvalue weighted by molar-refractivity contribution is 6.67. The standard InChI is InChI=1S/C8H4ClFN2O/c9-8(13)6-4-7-5(10)2-1-3-12(7)11-6/h1-4H. The van der Waals surface area contributed by atoms with Crippen LogP contribution in [0, 0.1) is 5.82 Å². The van der Waals surface area contributed by atoms with Crippen LogP contribution >= 0.6 is 11.6 Å². The molecule has 2 aromatic rings. The van der Waals surface area contributed by atoms with E-state index in [0.29, 0.717) is 0 Å². The molecule has 0 unspecified atom stereocenters. The minimum Gasteiger partial charge on any atom is -0.274 e. The van der Waals surface area contributed by atoms with Crippen molar-refractivity contribution < 1.29 is 9.18 Å². The molecular formula is C8H4ClFN2O. The smallest absolute Gasteiger partial charge is 0.272 e. The molecule has 0 aliphatic rings. The summed E-state index contributed by atoms with van der Waals surface area (Å²) < 4.78 is 14.3. The lowest BCUT2D eigenvalue weighted by Crippen LogP contribution is -1.91. The molecule has 0 saturated heterocycles. The maximum absolute atomic E-state index is 13.0. The van der Waals surface area contributed by atoms with E-state index in [1.807, 2.05) is 0 Å². The molecule has 3 nitrogen and oxygen atoms in total. The molecule has 2 aromatic heterocycles. The Morgan fingerprint density at radius 2 is 2.38 bits per heavy atom. The molecule has 0 saturated carbocycles. The molecule has 0 N–H and O–H groups in total. The summed E-state index contributed by atoms with van der Waals surface area (Å²) in [5.74, 6) is -0.431. The van der Waals surface area contributed by atoms with Gasteiger partial charge in [-0.15, -0.1) is 0 Å². The van der Waals surface area contributed by atoms with Gasteiger partial charge in [0.2, 0.25) is 0 Å². The Kier molecular flexibility index (Phi) is 1.77. The van der Waals surface area contributed by atoms with Crippen molar-refractivity contribution in [3.8, 4) is 0 Å². The van der Waals surface area contributed by atoms with Crippen molar-refractivity contribution in [2.24, 2.45) is 0 Å². The van der Waals surface area contributed by atoms with Crippen LogP contribution in [0.5, 0.6) is 0 Å². The van der Waals surface area contributed by atoms with Gasteiger partial charge in [-0.25, -0.2) is 8.91 Å². The van der Waals surface area contributed by atoms with E-state index in [1.54, 1.807) is 6.20 Å². The van der Waals surface area contributed by atoms with E-state index in [-0.39, 0.29) is 11.2 Å². The lowest BCUT2D eigenvalue weighted by molar-refractivity contribution is 0.107. The monoisotopic (exact) mass is 198 g/mol. The van der Waals surface area contributed by atoms with Crippen molar-refractivity contribution in [3.05, 3.63) is 35.9 Å². The zero-order chi connectivity index (χ0) is 9.42. The average Bonchev–Trinajstić information content (AvgIpc) is 2.49. The van der Waals surface area contributed by atoms with Crippen LogP contribution < -0.4 is 0 Å². The van der Waals surface area contributed by atoms with Crippen LogP contribution in [0.2, 0.25) is 0 Å². The van der Waals surface area contributed by atoms with Gasteiger partial charge in [-0.3, -0.25) is 4.79 Å². The van der Waals surface area contributed by atoms with Gasteiger partial charge in [0.05, 0.1) is 0 Å². The first-order chi connectivity index (χ1) is 6.18. The van der Waals surface area contributed by atoms with Gasteiger partial charge in [-0.2, -0.15) is 5.10 Å². The molecule has 0 radical (unpaired) electrons. The second-order valence-electron chi connectivity index (χ2n) is 2.49. The fourth-order valence-electron chi connectivity index (χ4n) is 1.08. The Morgan fingerprint density at radius 3 is 3.00 bits per heavy atom. The summed E-state index contributed by atoms with van der Waals surface area (Å²) in [6.45, 7) is 0. The van der Waals surface area contributed by atoms with E-state index in [4.69, 9.17) is 11.6 Å². The van der Waals surface area contributed by atoms with Crippen LogP contribution in [0.3, 0.4) is 0 Å². The number of aromatic nitrogens is 2. The van der Waals surface area contributed by atoms with Crippen LogP contribution in [0.1, 0.15) is 10.5 Å². The van der Waals surface area contributed by atoms with Gasteiger partial charge in [0.1, 0.15) is 17.0 Å². The molecule has 0 aliphatic carbocycles. The molecule has 2 rings (SSSR count). The number of nitrogens with zero attached hydrogens (tertiary/aromatic N) is 2. The molecule has 0 spiro atoms. The van der Waals surface area contributed by atoms with Crippen LogP contribution in [0.15, 0.2) is 24.4 Å². The third kappa shape index (κ3) is 1.29. The molecule has 5 heteroatoms. The van der Waals surface area contributed by atoms with E-state index >= 15 is 0 Å². The van der Waals surface area contributed by atoms with Crippen molar-refractivity contribution in [2.45, 2.75) is 0 Å². The van der Waals surface area contributed by atoms with E-state index < -0.39 is 11.1 Å². The Bertz CT molecular complexity index is 480. The van der Waals surface area contributed by atoms with E-state index in [2.05, 4.69) is 5.10 Å². The SMILES string of the molecule is O=C(Cl)c1cc2c(F)cccn2n1. The maximum Gasteiger partial charge on any atom is 0.272 e. The van der Waals surface area contributed by atoms with Gasteiger partial charge in [-0.05, 0) is 29.8 Å². The molecule has 0 atom stereocenters. The number of rotatable bonds is 1. The molecule has 0 amide bonds. The summed E-state index contributed by atoms with van der Waals surface area (Å²) >= 11 is 5.19. The molecule has 13 heavy (non-hydrogen) atoms. The highest BCUT2D eigenvalue weighted by atomic mass is 35.5. The molecule has 0 aliphatic heterocycles.